The monoisotopic (exact) mass is 421 g/mol. The molecule has 3 rings (SSSR count). The zero-order valence-corrected chi connectivity index (χ0v) is 19.1. The molecular formula is C25H31N3O3. The van der Waals surface area contributed by atoms with Gasteiger partial charge in [0.1, 0.15) is 12.1 Å². The Morgan fingerprint density at radius 1 is 1.06 bits per heavy atom. The maximum absolute atomic E-state index is 13.2. The maximum Gasteiger partial charge on any atom is 0.325 e. The van der Waals surface area contributed by atoms with Crippen molar-refractivity contribution in [3.05, 3.63) is 71.3 Å². The van der Waals surface area contributed by atoms with E-state index in [4.69, 9.17) is 0 Å². The van der Waals surface area contributed by atoms with E-state index in [0.29, 0.717) is 5.56 Å². The van der Waals surface area contributed by atoms with Crippen molar-refractivity contribution in [1.82, 2.24) is 15.1 Å². The number of carbonyl (C=O) groups is 3. The van der Waals surface area contributed by atoms with Gasteiger partial charge in [-0.25, -0.2) is 4.79 Å². The fraction of sp³-hybridized carbons (Fsp3) is 0.400. The van der Waals surface area contributed by atoms with Crippen molar-refractivity contribution in [3.63, 3.8) is 0 Å². The van der Waals surface area contributed by atoms with Crippen molar-refractivity contribution in [2.75, 3.05) is 13.6 Å². The van der Waals surface area contributed by atoms with E-state index in [0.717, 1.165) is 16.0 Å². The Balaban J connectivity index is 1.76. The van der Waals surface area contributed by atoms with Gasteiger partial charge >= 0.3 is 6.03 Å². The summed E-state index contributed by atoms with van der Waals surface area (Å²) in [5, 5.41) is 2.78. The molecule has 0 bridgehead atoms. The summed E-state index contributed by atoms with van der Waals surface area (Å²) in [6, 6.07) is 16.6. The van der Waals surface area contributed by atoms with Crippen LogP contribution in [0.2, 0.25) is 0 Å². The van der Waals surface area contributed by atoms with Crippen LogP contribution in [-0.2, 0) is 20.5 Å². The van der Waals surface area contributed by atoms with E-state index in [-0.39, 0.29) is 23.9 Å². The molecule has 2 aromatic carbocycles. The lowest BCUT2D eigenvalue weighted by Crippen LogP contribution is -2.44. The van der Waals surface area contributed by atoms with Crippen LogP contribution in [0.5, 0.6) is 0 Å². The summed E-state index contributed by atoms with van der Waals surface area (Å²) in [4.78, 5) is 41.2. The first-order valence-electron chi connectivity index (χ1n) is 10.5. The number of benzene rings is 2. The molecule has 2 unspecified atom stereocenters. The molecule has 4 amide bonds. The number of amides is 4. The Morgan fingerprint density at radius 2 is 1.65 bits per heavy atom. The molecule has 6 heteroatoms. The Hall–Kier alpha value is -3.15. The molecule has 1 saturated heterocycles. The highest BCUT2D eigenvalue weighted by Crippen LogP contribution is 2.31. The van der Waals surface area contributed by atoms with E-state index in [1.165, 1.54) is 0 Å². The van der Waals surface area contributed by atoms with Gasteiger partial charge in [-0.05, 0) is 36.0 Å². The van der Waals surface area contributed by atoms with Crippen LogP contribution in [0.25, 0.3) is 0 Å². The van der Waals surface area contributed by atoms with Crippen LogP contribution in [0.1, 0.15) is 57.4 Å². The van der Waals surface area contributed by atoms with Gasteiger partial charge in [0, 0.05) is 7.05 Å². The average molecular weight is 422 g/mol. The standard InChI is InChI=1S/C25H31N3O3/c1-17(18-10-8-7-9-11-18)27(6)21(29)16-28-22(30)25(5,26-23(28)31)20-14-12-19(13-15-20)24(2,3)4/h7-15,17H,16H2,1-6H3,(H,26,31). The van der Waals surface area contributed by atoms with Gasteiger partial charge in [-0.15, -0.1) is 0 Å². The highest BCUT2D eigenvalue weighted by molar-refractivity contribution is 6.09. The van der Waals surface area contributed by atoms with E-state index in [1.807, 2.05) is 61.5 Å². The molecule has 2 aromatic rings. The van der Waals surface area contributed by atoms with Crippen molar-refractivity contribution in [3.8, 4) is 0 Å². The number of hydrogen-bond acceptors (Lipinski definition) is 3. The van der Waals surface area contributed by atoms with Gasteiger partial charge in [-0.2, -0.15) is 0 Å². The smallest absolute Gasteiger partial charge is 0.325 e. The van der Waals surface area contributed by atoms with Crippen LogP contribution in [0.4, 0.5) is 4.79 Å². The number of carbonyl (C=O) groups excluding carboxylic acids is 3. The molecule has 0 aliphatic carbocycles. The van der Waals surface area contributed by atoms with Crippen molar-refractivity contribution in [2.45, 2.75) is 51.6 Å². The van der Waals surface area contributed by atoms with Gasteiger partial charge in [0.25, 0.3) is 5.91 Å². The molecule has 1 aliphatic rings. The van der Waals surface area contributed by atoms with Gasteiger partial charge in [0.05, 0.1) is 6.04 Å². The molecule has 2 atom stereocenters. The van der Waals surface area contributed by atoms with E-state index in [9.17, 15) is 14.4 Å². The third kappa shape index (κ3) is 4.33. The van der Waals surface area contributed by atoms with Crippen LogP contribution in [0.15, 0.2) is 54.6 Å². The maximum atomic E-state index is 13.2. The van der Waals surface area contributed by atoms with Crippen LogP contribution >= 0.6 is 0 Å². The lowest BCUT2D eigenvalue weighted by atomic mass is 9.84. The van der Waals surface area contributed by atoms with Crippen LogP contribution < -0.4 is 5.32 Å². The zero-order chi connectivity index (χ0) is 23.0. The minimum absolute atomic E-state index is 0.0130. The van der Waals surface area contributed by atoms with Crippen molar-refractivity contribution >= 4 is 17.8 Å². The van der Waals surface area contributed by atoms with E-state index in [2.05, 4.69) is 26.1 Å². The summed E-state index contributed by atoms with van der Waals surface area (Å²) >= 11 is 0. The first-order chi connectivity index (χ1) is 14.4. The normalized spacial score (nSPS) is 19.9. The predicted molar refractivity (Wildman–Crippen MR) is 120 cm³/mol. The minimum Gasteiger partial charge on any atom is -0.337 e. The summed E-state index contributed by atoms with van der Waals surface area (Å²) < 4.78 is 0. The van der Waals surface area contributed by atoms with Crippen molar-refractivity contribution in [2.24, 2.45) is 0 Å². The fourth-order valence-corrected chi connectivity index (χ4v) is 3.76. The molecule has 0 aromatic heterocycles. The highest BCUT2D eigenvalue weighted by Gasteiger charge is 2.49. The second-order valence-corrected chi connectivity index (χ2v) is 9.37. The molecular weight excluding hydrogens is 390 g/mol. The Bertz CT molecular complexity index is 979. The second-order valence-electron chi connectivity index (χ2n) is 9.37. The Labute approximate surface area is 184 Å². The van der Waals surface area contributed by atoms with Gasteiger partial charge in [-0.1, -0.05) is 75.4 Å². The lowest BCUT2D eigenvalue weighted by Gasteiger charge is -2.27. The third-order valence-corrected chi connectivity index (χ3v) is 6.15. The lowest BCUT2D eigenvalue weighted by molar-refractivity contribution is -0.139. The van der Waals surface area contributed by atoms with Crippen LogP contribution in [0, 0.1) is 0 Å². The third-order valence-electron chi connectivity index (χ3n) is 6.15. The van der Waals surface area contributed by atoms with E-state index < -0.39 is 17.5 Å². The zero-order valence-electron chi connectivity index (χ0n) is 19.1. The van der Waals surface area contributed by atoms with E-state index in [1.54, 1.807) is 18.9 Å². The summed E-state index contributed by atoms with van der Waals surface area (Å²) in [5.74, 6) is -0.720. The van der Waals surface area contributed by atoms with Crippen molar-refractivity contribution < 1.29 is 14.4 Å². The number of nitrogens with one attached hydrogen (secondary N) is 1. The molecule has 1 heterocycles. The SMILES string of the molecule is CC(c1ccccc1)N(C)C(=O)CN1C(=O)NC(C)(c2ccc(C(C)(C)C)cc2)C1=O. The second kappa shape index (κ2) is 8.17. The number of nitrogens with zero attached hydrogens (tertiary/aromatic N) is 2. The molecule has 1 aliphatic heterocycles. The van der Waals surface area contributed by atoms with E-state index >= 15 is 0 Å². The average Bonchev–Trinajstić information content (AvgIpc) is 2.96. The summed E-state index contributed by atoms with van der Waals surface area (Å²) in [6.07, 6.45) is 0. The molecule has 31 heavy (non-hydrogen) atoms. The number of likely N-dealkylation sites (N-methyl/N-ethyl adjacent to an activating group) is 1. The highest BCUT2D eigenvalue weighted by atomic mass is 16.2. The number of imide groups is 1. The first kappa shape index (κ1) is 22.5. The quantitative estimate of drug-likeness (QED) is 0.743. The topological polar surface area (TPSA) is 69.7 Å². The molecule has 1 fully saturated rings. The van der Waals surface area contributed by atoms with Crippen LogP contribution in [-0.4, -0.2) is 41.2 Å². The largest absolute Gasteiger partial charge is 0.337 e. The Kier molecular flexibility index (Phi) is 5.94. The summed E-state index contributed by atoms with van der Waals surface area (Å²) in [6.45, 7) is 9.65. The number of urea groups is 1. The minimum atomic E-state index is -1.20. The van der Waals surface area contributed by atoms with Gasteiger partial charge in [0.2, 0.25) is 5.91 Å². The molecule has 0 saturated carbocycles. The molecule has 0 spiro atoms. The van der Waals surface area contributed by atoms with Gasteiger partial charge in [-0.3, -0.25) is 14.5 Å². The molecule has 6 nitrogen and oxygen atoms in total. The fourth-order valence-electron chi connectivity index (χ4n) is 3.76. The first-order valence-corrected chi connectivity index (χ1v) is 10.5. The Morgan fingerprint density at radius 3 is 2.19 bits per heavy atom. The van der Waals surface area contributed by atoms with Gasteiger partial charge in [0.15, 0.2) is 0 Å². The summed E-state index contributed by atoms with van der Waals surface area (Å²) in [5.41, 5.74) is 1.61. The van der Waals surface area contributed by atoms with Crippen molar-refractivity contribution in [1.29, 1.82) is 0 Å². The predicted octanol–water partition coefficient (Wildman–Crippen LogP) is 3.97. The number of rotatable bonds is 5. The molecule has 1 N–H and O–H groups in total. The summed E-state index contributed by atoms with van der Waals surface area (Å²) in [7, 11) is 1.68. The van der Waals surface area contributed by atoms with Gasteiger partial charge < -0.3 is 10.2 Å². The number of hydrogen-bond donors (Lipinski definition) is 1. The molecule has 164 valence electrons. The van der Waals surface area contributed by atoms with Crippen LogP contribution in [0.3, 0.4) is 0 Å². The molecule has 0 radical (unpaired) electrons.